The predicted octanol–water partition coefficient (Wildman–Crippen LogP) is 3.52. The first-order valence-electron chi connectivity index (χ1n) is 6.26. The number of rotatable bonds is 2. The van der Waals surface area contributed by atoms with Crippen LogP contribution in [0.2, 0.25) is 5.02 Å². The lowest BCUT2D eigenvalue weighted by molar-refractivity contribution is 0.628. The number of aromatic nitrogens is 3. The van der Waals surface area contributed by atoms with Crippen molar-refractivity contribution in [2.75, 3.05) is 5.73 Å². The number of halogens is 2. The average Bonchev–Trinajstić information content (AvgIpc) is 2.79. The molecule has 3 aromatic rings. The molecule has 2 N–H and O–H groups in total. The van der Waals surface area contributed by atoms with Gasteiger partial charge in [-0.1, -0.05) is 23.7 Å². The SMILES string of the molecule is Cn1nc(-c2ccc(Cl)c(F)c2)c(-c2cccnc2)c1N. The molecule has 3 rings (SSSR count). The molecule has 0 amide bonds. The van der Waals surface area contributed by atoms with Gasteiger partial charge in [0.2, 0.25) is 0 Å². The highest BCUT2D eigenvalue weighted by atomic mass is 35.5. The summed E-state index contributed by atoms with van der Waals surface area (Å²) >= 11 is 5.73. The molecular weight excluding hydrogens is 291 g/mol. The summed E-state index contributed by atoms with van der Waals surface area (Å²) in [6, 6.07) is 8.27. The summed E-state index contributed by atoms with van der Waals surface area (Å²) in [4.78, 5) is 4.09. The van der Waals surface area contributed by atoms with Crippen molar-refractivity contribution < 1.29 is 4.39 Å². The quantitative estimate of drug-likeness (QED) is 0.788. The largest absolute Gasteiger partial charge is 0.383 e. The zero-order valence-electron chi connectivity index (χ0n) is 11.2. The van der Waals surface area contributed by atoms with Crippen LogP contribution >= 0.6 is 11.6 Å². The van der Waals surface area contributed by atoms with Gasteiger partial charge < -0.3 is 5.73 Å². The summed E-state index contributed by atoms with van der Waals surface area (Å²) in [5.74, 6) is 0.00360. The fourth-order valence-corrected chi connectivity index (χ4v) is 2.30. The van der Waals surface area contributed by atoms with E-state index in [0.29, 0.717) is 17.1 Å². The predicted molar refractivity (Wildman–Crippen MR) is 81.3 cm³/mol. The minimum atomic E-state index is -0.490. The fourth-order valence-electron chi connectivity index (χ4n) is 2.18. The normalized spacial score (nSPS) is 10.8. The first-order chi connectivity index (χ1) is 10.1. The molecule has 2 heterocycles. The Morgan fingerprint density at radius 1 is 1.24 bits per heavy atom. The molecule has 0 spiro atoms. The Balaban J connectivity index is 2.24. The number of aryl methyl sites for hydroxylation is 1. The molecule has 106 valence electrons. The van der Waals surface area contributed by atoms with Crippen LogP contribution in [0.15, 0.2) is 42.7 Å². The van der Waals surface area contributed by atoms with Crippen molar-refractivity contribution in [3.63, 3.8) is 0 Å². The lowest BCUT2D eigenvalue weighted by Gasteiger charge is -2.04. The monoisotopic (exact) mass is 302 g/mol. The molecule has 0 fully saturated rings. The van der Waals surface area contributed by atoms with Crippen molar-refractivity contribution >= 4 is 17.4 Å². The standard InChI is InChI=1S/C15H12ClFN4/c1-21-15(18)13(10-3-2-6-19-8-10)14(20-21)9-4-5-11(16)12(17)7-9/h2-8H,18H2,1H3. The summed E-state index contributed by atoms with van der Waals surface area (Å²) in [6.07, 6.45) is 3.38. The molecule has 2 aromatic heterocycles. The number of hydrogen-bond acceptors (Lipinski definition) is 3. The molecule has 4 nitrogen and oxygen atoms in total. The second kappa shape index (κ2) is 5.18. The highest BCUT2D eigenvalue weighted by Gasteiger charge is 2.18. The van der Waals surface area contributed by atoms with Gasteiger partial charge in [0.25, 0.3) is 0 Å². The van der Waals surface area contributed by atoms with Crippen LogP contribution < -0.4 is 5.73 Å². The van der Waals surface area contributed by atoms with E-state index in [4.69, 9.17) is 17.3 Å². The van der Waals surface area contributed by atoms with Gasteiger partial charge in [-0.15, -0.1) is 0 Å². The van der Waals surface area contributed by atoms with Gasteiger partial charge >= 0.3 is 0 Å². The maximum atomic E-state index is 13.7. The van der Waals surface area contributed by atoms with Gasteiger partial charge in [0.05, 0.1) is 10.6 Å². The minimum absolute atomic E-state index is 0.0746. The van der Waals surface area contributed by atoms with Gasteiger partial charge in [0.1, 0.15) is 17.3 Å². The van der Waals surface area contributed by atoms with Crippen LogP contribution in [0.5, 0.6) is 0 Å². The van der Waals surface area contributed by atoms with E-state index >= 15 is 0 Å². The molecule has 1 aromatic carbocycles. The van der Waals surface area contributed by atoms with Crippen molar-refractivity contribution in [2.24, 2.45) is 7.05 Å². The first-order valence-corrected chi connectivity index (χ1v) is 6.64. The third-order valence-corrected chi connectivity index (χ3v) is 3.54. The van der Waals surface area contributed by atoms with Crippen molar-refractivity contribution in [1.82, 2.24) is 14.8 Å². The molecule has 0 atom stereocenters. The molecule has 0 unspecified atom stereocenters. The lowest BCUT2D eigenvalue weighted by Crippen LogP contribution is -1.98. The van der Waals surface area contributed by atoms with Gasteiger partial charge in [0.15, 0.2) is 0 Å². The number of nitrogens with two attached hydrogens (primary N) is 1. The number of anilines is 1. The maximum absolute atomic E-state index is 13.7. The summed E-state index contributed by atoms with van der Waals surface area (Å²) in [5, 5.41) is 4.46. The fraction of sp³-hybridized carbons (Fsp3) is 0.0667. The van der Waals surface area contributed by atoms with Crippen LogP contribution in [0.1, 0.15) is 0 Å². The van der Waals surface area contributed by atoms with Crippen LogP contribution in [0, 0.1) is 5.82 Å². The van der Waals surface area contributed by atoms with E-state index in [1.54, 1.807) is 30.2 Å². The van der Waals surface area contributed by atoms with E-state index in [1.165, 1.54) is 12.1 Å². The molecule has 6 heteroatoms. The molecule has 0 radical (unpaired) electrons. The van der Waals surface area contributed by atoms with Crippen LogP contribution in [-0.2, 0) is 7.05 Å². The molecule has 0 aliphatic carbocycles. The zero-order chi connectivity index (χ0) is 15.0. The molecule has 0 bridgehead atoms. The van der Waals surface area contributed by atoms with Crippen LogP contribution in [0.3, 0.4) is 0 Å². The van der Waals surface area contributed by atoms with Crippen LogP contribution in [-0.4, -0.2) is 14.8 Å². The Labute approximate surface area is 126 Å². The van der Waals surface area contributed by atoms with Gasteiger partial charge in [0, 0.05) is 30.6 Å². The Morgan fingerprint density at radius 2 is 2.05 bits per heavy atom. The van der Waals surface area contributed by atoms with E-state index in [2.05, 4.69) is 10.1 Å². The number of hydrogen-bond donors (Lipinski definition) is 1. The summed E-state index contributed by atoms with van der Waals surface area (Å²) in [5.41, 5.74) is 8.86. The van der Waals surface area contributed by atoms with E-state index in [-0.39, 0.29) is 5.02 Å². The van der Waals surface area contributed by atoms with Gasteiger partial charge in [-0.05, 0) is 18.2 Å². The van der Waals surface area contributed by atoms with Gasteiger partial charge in [-0.25, -0.2) is 4.39 Å². The number of nitrogen functional groups attached to an aromatic ring is 1. The lowest BCUT2D eigenvalue weighted by atomic mass is 10.0. The maximum Gasteiger partial charge on any atom is 0.142 e. The van der Waals surface area contributed by atoms with Gasteiger partial charge in [-0.2, -0.15) is 5.10 Å². The highest BCUT2D eigenvalue weighted by molar-refractivity contribution is 6.30. The Morgan fingerprint density at radius 3 is 2.71 bits per heavy atom. The second-order valence-electron chi connectivity index (χ2n) is 4.60. The minimum Gasteiger partial charge on any atom is -0.383 e. The Hall–Kier alpha value is -2.40. The zero-order valence-corrected chi connectivity index (χ0v) is 12.0. The van der Waals surface area contributed by atoms with E-state index in [0.717, 1.165) is 11.1 Å². The van der Waals surface area contributed by atoms with Crippen molar-refractivity contribution in [3.05, 3.63) is 53.6 Å². The van der Waals surface area contributed by atoms with Crippen molar-refractivity contribution in [3.8, 4) is 22.4 Å². The number of pyridine rings is 1. The van der Waals surface area contributed by atoms with Crippen molar-refractivity contribution in [2.45, 2.75) is 0 Å². The smallest absolute Gasteiger partial charge is 0.142 e. The molecule has 0 aliphatic heterocycles. The average molecular weight is 303 g/mol. The number of benzene rings is 1. The summed E-state index contributed by atoms with van der Waals surface area (Å²) in [7, 11) is 1.74. The Kier molecular flexibility index (Phi) is 3.35. The third-order valence-electron chi connectivity index (χ3n) is 3.23. The Bertz CT molecular complexity index is 799. The highest BCUT2D eigenvalue weighted by Crippen LogP contribution is 2.36. The van der Waals surface area contributed by atoms with Crippen LogP contribution in [0.25, 0.3) is 22.4 Å². The molecule has 21 heavy (non-hydrogen) atoms. The number of nitrogens with zero attached hydrogens (tertiary/aromatic N) is 3. The second-order valence-corrected chi connectivity index (χ2v) is 5.01. The molecular formula is C15H12ClFN4. The van der Waals surface area contributed by atoms with E-state index in [1.807, 2.05) is 12.1 Å². The molecule has 0 saturated heterocycles. The third kappa shape index (κ3) is 2.36. The summed E-state index contributed by atoms with van der Waals surface area (Å²) in [6.45, 7) is 0. The molecule has 0 aliphatic rings. The topological polar surface area (TPSA) is 56.7 Å². The van der Waals surface area contributed by atoms with E-state index < -0.39 is 5.82 Å². The first kappa shape index (κ1) is 13.6. The van der Waals surface area contributed by atoms with Crippen molar-refractivity contribution in [1.29, 1.82) is 0 Å². The van der Waals surface area contributed by atoms with Gasteiger partial charge in [-0.3, -0.25) is 9.67 Å². The summed E-state index contributed by atoms with van der Waals surface area (Å²) < 4.78 is 15.3. The van der Waals surface area contributed by atoms with Crippen LogP contribution in [0.4, 0.5) is 10.2 Å². The molecule has 0 saturated carbocycles. The van der Waals surface area contributed by atoms with E-state index in [9.17, 15) is 4.39 Å².